The molecular formula is C43H52F2N8O7. The number of imide groups is 1. The minimum absolute atomic E-state index is 0.0290. The smallest absolute Gasteiger partial charge is 0.408 e. The number of Topliss-reactive ketones (excluding diaryl/α,β-unsaturated/α-hetero) is 2. The van der Waals surface area contributed by atoms with Gasteiger partial charge in [0.2, 0.25) is 17.6 Å². The molecule has 2 aromatic carbocycles. The maximum Gasteiger partial charge on any atom is 0.408 e. The SMILES string of the molecule is CC[C@H](C)[C@H](N)C(=O)N(C(=O)C(F)(F)C(=O)C(N)Cc1ccccc1)C(C(=O)[C@H](Cc1c[nH]cn1)NC(=O)[C@H](Cc1ccccc1)NC(=O)OC(C)(C)C)c1ccccn1. The number of hydrogen-bond donors (Lipinski definition) is 5. The summed E-state index contributed by atoms with van der Waals surface area (Å²) < 4.78 is 38.3. The Kier molecular flexibility index (Phi) is 16.0. The van der Waals surface area contributed by atoms with Crippen LogP contribution in [0.2, 0.25) is 0 Å². The van der Waals surface area contributed by atoms with Gasteiger partial charge in [0, 0.05) is 25.2 Å². The maximum absolute atomic E-state index is 16.4. The fourth-order valence-electron chi connectivity index (χ4n) is 6.20. The minimum Gasteiger partial charge on any atom is -0.444 e. The zero-order valence-corrected chi connectivity index (χ0v) is 34.1. The van der Waals surface area contributed by atoms with E-state index in [2.05, 4.69) is 25.6 Å². The first-order chi connectivity index (χ1) is 28.3. The average Bonchev–Trinajstić information content (AvgIpc) is 3.74. The van der Waals surface area contributed by atoms with Crippen LogP contribution in [-0.4, -0.2) is 90.9 Å². The van der Waals surface area contributed by atoms with E-state index in [9.17, 15) is 24.0 Å². The van der Waals surface area contributed by atoms with E-state index in [0.29, 0.717) is 11.1 Å². The Labute approximate surface area is 347 Å². The van der Waals surface area contributed by atoms with Crippen molar-refractivity contribution >= 4 is 35.4 Å². The second-order valence-electron chi connectivity index (χ2n) is 15.4. The molecule has 2 unspecified atom stereocenters. The monoisotopic (exact) mass is 830 g/mol. The Balaban J connectivity index is 1.84. The highest BCUT2D eigenvalue weighted by molar-refractivity contribution is 6.16. The van der Waals surface area contributed by atoms with Crippen LogP contribution in [0.4, 0.5) is 13.6 Å². The van der Waals surface area contributed by atoms with Crippen molar-refractivity contribution in [2.45, 2.75) is 102 Å². The number of amides is 4. The van der Waals surface area contributed by atoms with Gasteiger partial charge in [0.1, 0.15) is 17.7 Å². The molecule has 0 saturated carbocycles. The van der Waals surface area contributed by atoms with Gasteiger partial charge in [0.05, 0.1) is 35.8 Å². The van der Waals surface area contributed by atoms with Crippen molar-refractivity contribution in [3.05, 3.63) is 120 Å². The number of H-pyrrole nitrogens is 1. The first kappa shape index (κ1) is 46.5. The lowest BCUT2D eigenvalue weighted by atomic mass is 9.92. The Bertz CT molecular complexity index is 2070. The first-order valence-corrected chi connectivity index (χ1v) is 19.4. The van der Waals surface area contributed by atoms with Crippen molar-refractivity contribution in [3.8, 4) is 0 Å². The number of carbonyl (C=O) groups is 6. The number of aromatic amines is 1. The summed E-state index contributed by atoms with van der Waals surface area (Å²) in [5.41, 5.74) is 12.2. The minimum atomic E-state index is -4.95. The Morgan fingerprint density at radius 3 is 1.95 bits per heavy atom. The van der Waals surface area contributed by atoms with Gasteiger partial charge in [0.15, 0.2) is 5.78 Å². The number of alkyl halides is 2. The average molecular weight is 831 g/mol. The number of ether oxygens (including phenoxy) is 1. The van der Waals surface area contributed by atoms with E-state index in [1.807, 2.05) is 0 Å². The Morgan fingerprint density at radius 1 is 0.817 bits per heavy atom. The lowest BCUT2D eigenvalue weighted by molar-refractivity contribution is -0.174. The van der Waals surface area contributed by atoms with Gasteiger partial charge in [-0.05, 0) is 56.4 Å². The van der Waals surface area contributed by atoms with Gasteiger partial charge in [-0.25, -0.2) is 9.78 Å². The summed E-state index contributed by atoms with van der Waals surface area (Å²) in [6.07, 6.45) is 2.39. The van der Waals surface area contributed by atoms with E-state index < -0.39 is 89.5 Å². The number of nitrogens with two attached hydrogens (primary N) is 2. The molecule has 60 heavy (non-hydrogen) atoms. The number of aromatic nitrogens is 3. The fraction of sp³-hybridized carbons (Fsp3) is 0.395. The standard InChI is InChI=1S/C43H52F2N8O7/c1-6-26(2)34(47)39(57)53(40(58)43(44,45)37(55)30(46)21-27-15-9-7-10-16-27)35(31-19-13-14-20-49-31)36(54)32(23-29-24-48-25-50-29)51-38(56)33(22-28-17-11-8-12-18-28)52-41(59)60-42(3,4)5/h7-20,24-26,30,32-35H,6,21-23,46-47H2,1-5H3,(H,48,50)(H,51,56)(H,52,59)/t26-,30?,32-,33-,34-,35?/m0/s1. The van der Waals surface area contributed by atoms with E-state index in [4.69, 9.17) is 16.2 Å². The van der Waals surface area contributed by atoms with Crippen LogP contribution >= 0.6 is 0 Å². The van der Waals surface area contributed by atoms with Crippen molar-refractivity contribution in [2.24, 2.45) is 17.4 Å². The number of nitrogens with one attached hydrogen (secondary N) is 3. The molecule has 320 valence electrons. The molecule has 7 N–H and O–H groups in total. The second kappa shape index (κ2) is 20.7. The van der Waals surface area contributed by atoms with Crippen molar-refractivity contribution < 1.29 is 42.3 Å². The van der Waals surface area contributed by atoms with Gasteiger partial charge in [0.25, 0.3) is 0 Å². The zero-order chi connectivity index (χ0) is 44.2. The predicted molar refractivity (Wildman–Crippen MR) is 217 cm³/mol. The summed E-state index contributed by atoms with van der Waals surface area (Å²) in [5, 5.41) is 5.14. The second-order valence-corrected chi connectivity index (χ2v) is 15.4. The summed E-state index contributed by atoms with van der Waals surface area (Å²) in [6, 6.07) is 11.8. The summed E-state index contributed by atoms with van der Waals surface area (Å²) in [6.45, 7) is 8.12. The molecule has 0 radical (unpaired) electrons. The Hall–Kier alpha value is -6.20. The lowest BCUT2D eigenvalue weighted by Gasteiger charge is -2.36. The van der Waals surface area contributed by atoms with Crippen LogP contribution < -0.4 is 22.1 Å². The number of alkyl carbamates (subject to hydrolysis) is 1. The van der Waals surface area contributed by atoms with E-state index in [1.165, 1.54) is 36.9 Å². The number of carbonyl (C=O) groups excluding carboxylic acids is 6. The molecule has 2 aromatic heterocycles. The van der Waals surface area contributed by atoms with Gasteiger partial charge in [-0.2, -0.15) is 8.78 Å². The third-order valence-electron chi connectivity index (χ3n) is 9.63. The maximum atomic E-state index is 16.4. The number of imidazole rings is 1. The number of ketones is 2. The van der Waals surface area contributed by atoms with E-state index in [0.717, 1.165) is 0 Å². The molecule has 0 saturated heterocycles. The van der Waals surface area contributed by atoms with E-state index in [-0.39, 0.29) is 35.6 Å². The van der Waals surface area contributed by atoms with Crippen molar-refractivity contribution in [3.63, 3.8) is 0 Å². The lowest BCUT2D eigenvalue weighted by Crippen LogP contribution is -2.62. The molecule has 6 atom stereocenters. The van der Waals surface area contributed by atoms with Crippen LogP contribution in [0.25, 0.3) is 0 Å². The van der Waals surface area contributed by atoms with Crippen molar-refractivity contribution in [1.29, 1.82) is 0 Å². The molecule has 0 spiro atoms. The summed E-state index contributed by atoms with van der Waals surface area (Å²) in [4.78, 5) is 95.6. The zero-order valence-electron chi connectivity index (χ0n) is 34.1. The van der Waals surface area contributed by atoms with Crippen LogP contribution in [0.15, 0.2) is 97.6 Å². The van der Waals surface area contributed by atoms with Crippen LogP contribution in [0.5, 0.6) is 0 Å². The molecule has 17 heteroatoms. The van der Waals surface area contributed by atoms with Crippen LogP contribution in [0.3, 0.4) is 0 Å². The summed E-state index contributed by atoms with van der Waals surface area (Å²) in [7, 11) is 0. The largest absolute Gasteiger partial charge is 0.444 e. The van der Waals surface area contributed by atoms with E-state index in [1.54, 1.807) is 95.3 Å². The first-order valence-electron chi connectivity index (χ1n) is 19.4. The highest BCUT2D eigenvalue weighted by atomic mass is 19.3. The topological polar surface area (TPSA) is 233 Å². The molecule has 15 nitrogen and oxygen atoms in total. The predicted octanol–water partition coefficient (Wildman–Crippen LogP) is 3.78. The molecule has 0 bridgehead atoms. The molecular weight excluding hydrogens is 779 g/mol. The molecule has 4 aromatic rings. The van der Waals surface area contributed by atoms with Gasteiger partial charge < -0.3 is 31.8 Å². The molecule has 2 heterocycles. The quantitative estimate of drug-likeness (QED) is 0.0854. The van der Waals surface area contributed by atoms with Gasteiger partial charge in [-0.15, -0.1) is 0 Å². The van der Waals surface area contributed by atoms with Crippen molar-refractivity contribution in [2.75, 3.05) is 0 Å². The summed E-state index contributed by atoms with van der Waals surface area (Å²) in [5.74, 6) is -13.5. The number of pyridine rings is 1. The highest BCUT2D eigenvalue weighted by Crippen LogP contribution is 2.31. The number of halogens is 2. The molecule has 4 amide bonds. The Morgan fingerprint density at radius 2 is 1.42 bits per heavy atom. The third kappa shape index (κ3) is 12.4. The third-order valence-corrected chi connectivity index (χ3v) is 9.63. The number of benzene rings is 2. The van der Waals surface area contributed by atoms with Gasteiger partial charge in [-0.1, -0.05) is 87.0 Å². The number of hydrogen-bond acceptors (Lipinski definition) is 11. The number of nitrogens with zero attached hydrogens (tertiary/aromatic N) is 3. The molecule has 0 fully saturated rings. The molecule has 0 aliphatic carbocycles. The fourth-order valence-corrected chi connectivity index (χ4v) is 6.20. The molecule has 4 rings (SSSR count). The van der Waals surface area contributed by atoms with Crippen LogP contribution in [0.1, 0.15) is 69.6 Å². The van der Waals surface area contributed by atoms with E-state index >= 15 is 13.6 Å². The highest BCUT2D eigenvalue weighted by Gasteiger charge is 2.56. The van der Waals surface area contributed by atoms with Gasteiger partial charge >= 0.3 is 17.9 Å². The van der Waals surface area contributed by atoms with Crippen LogP contribution in [-0.2, 0) is 48.0 Å². The van der Waals surface area contributed by atoms with Gasteiger partial charge in [-0.3, -0.25) is 33.9 Å². The van der Waals surface area contributed by atoms with Crippen LogP contribution in [0, 0.1) is 5.92 Å². The van der Waals surface area contributed by atoms with Crippen molar-refractivity contribution in [1.82, 2.24) is 30.5 Å². The summed E-state index contributed by atoms with van der Waals surface area (Å²) >= 11 is 0. The molecule has 0 aliphatic rings. The number of rotatable bonds is 19. The normalized spacial score (nSPS) is 14.7. The molecule has 0 aliphatic heterocycles.